The topological polar surface area (TPSA) is 54.3 Å². The first-order valence-corrected chi connectivity index (χ1v) is 8.25. The number of amides is 1. The van der Waals surface area contributed by atoms with Gasteiger partial charge in [-0.1, -0.05) is 24.3 Å². The number of carbonyl (C=O) groups excluding carboxylic acids is 1. The molecule has 2 N–H and O–H groups in total. The van der Waals surface area contributed by atoms with E-state index in [0.29, 0.717) is 17.0 Å². The molecule has 0 spiro atoms. The van der Waals surface area contributed by atoms with Gasteiger partial charge in [-0.25, -0.2) is 4.39 Å². The molecule has 5 heteroatoms. The zero-order valence-electron chi connectivity index (χ0n) is 14.5. The van der Waals surface area contributed by atoms with Crippen molar-refractivity contribution in [2.24, 2.45) is 0 Å². The smallest absolute Gasteiger partial charge is 0.242 e. The molecule has 4 nitrogen and oxygen atoms in total. The third-order valence-electron chi connectivity index (χ3n) is 4.18. The van der Waals surface area contributed by atoms with Crippen LogP contribution in [0.5, 0.6) is 0 Å². The first-order valence-electron chi connectivity index (χ1n) is 8.25. The first-order chi connectivity index (χ1) is 11.9. The maximum Gasteiger partial charge on any atom is 0.242 e. The summed E-state index contributed by atoms with van der Waals surface area (Å²) in [4.78, 5) is 12.4. The third-order valence-corrected chi connectivity index (χ3v) is 4.18. The second kappa shape index (κ2) is 6.97. The van der Waals surface area contributed by atoms with Gasteiger partial charge in [0.15, 0.2) is 0 Å². The molecule has 130 valence electrons. The summed E-state index contributed by atoms with van der Waals surface area (Å²) in [6.45, 7) is 5.30. The number of benzene rings is 2. The van der Waals surface area contributed by atoms with Crippen molar-refractivity contribution in [3.63, 3.8) is 0 Å². The molecule has 0 saturated carbocycles. The second-order valence-corrected chi connectivity index (χ2v) is 6.25. The lowest BCUT2D eigenvalue weighted by molar-refractivity contribution is -0.122. The number of furan rings is 1. The van der Waals surface area contributed by atoms with E-state index in [-0.39, 0.29) is 17.8 Å². The minimum Gasteiger partial charge on any atom is -0.459 e. The summed E-state index contributed by atoms with van der Waals surface area (Å²) in [6.07, 6.45) is 0. The van der Waals surface area contributed by atoms with Crippen molar-refractivity contribution >= 4 is 22.6 Å². The average Bonchev–Trinajstić information content (AvgIpc) is 3.02. The Morgan fingerprint density at radius 2 is 1.88 bits per heavy atom. The number of rotatable bonds is 5. The largest absolute Gasteiger partial charge is 0.459 e. The monoisotopic (exact) mass is 340 g/mol. The first kappa shape index (κ1) is 17.0. The fraction of sp³-hybridized carbons (Fsp3) is 0.250. The maximum atomic E-state index is 13.6. The van der Waals surface area contributed by atoms with Gasteiger partial charge in [-0.3, -0.25) is 4.79 Å². The number of carbonyl (C=O) groups is 1. The minimum atomic E-state index is -0.506. The van der Waals surface area contributed by atoms with Crippen LogP contribution in [0.4, 0.5) is 10.1 Å². The van der Waals surface area contributed by atoms with Crippen LogP contribution < -0.4 is 10.6 Å². The van der Waals surface area contributed by atoms with Crippen LogP contribution in [0, 0.1) is 12.7 Å². The van der Waals surface area contributed by atoms with Crippen molar-refractivity contribution in [2.75, 3.05) is 5.32 Å². The van der Waals surface area contributed by atoms with Gasteiger partial charge in [-0.05, 0) is 50.6 Å². The molecule has 0 aliphatic carbocycles. The van der Waals surface area contributed by atoms with Gasteiger partial charge in [0, 0.05) is 11.1 Å². The summed E-state index contributed by atoms with van der Waals surface area (Å²) in [5.41, 5.74) is 1.93. The van der Waals surface area contributed by atoms with Crippen molar-refractivity contribution in [3.05, 3.63) is 65.7 Å². The molecule has 0 radical (unpaired) electrons. The quantitative estimate of drug-likeness (QED) is 0.716. The molecule has 1 aromatic heterocycles. The summed E-state index contributed by atoms with van der Waals surface area (Å²) in [6, 6.07) is 13.7. The molecule has 3 rings (SSSR count). The fourth-order valence-corrected chi connectivity index (χ4v) is 2.62. The number of hydrogen-bond donors (Lipinski definition) is 2. The van der Waals surface area contributed by atoms with Crippen molar-refractivity contribution in [3.8, 4) is 0 Å². The Kier molecular flexibility index (Phi) is 4.74. The third kappa shape index (κ3) is 3.82. The molecule has 0 saturated heterocycles. The second-order valence-electron chi connectivity index (χ2n) is 6.25. The molecule has 0 fully saturated rings. The van der Waals surface area contributed by atoms with Crippen molar-refractivity contribution in [1.82, 2.24) is 5.32 Å². The molecule has 0 bridgehead atoms. The van der Waals surface area contributed by atoms with E-state index in [2.05, 4.69) is 10.6 Å². The van der Waals surface area contributed by atoms with Crippen LogP contribution in [0.15, 0.2) is 52.9 Å². The van der Waals surface area contributed by atoms with Gasteiger partial charge in [0.1, 0.15) is 23.2 Å². The number of anilines is 1. The summed E-state index contributed by atoms with van der Waals surface area (Å²) in [7, 11) is 0. The zero-order valence-corrected chi connectivity index (χ0v) is 14.5. The van der Waals surface area contributed by atoms with Crippen LogP contribution >= 0.6 is 0 Å². The molecule has 25 heavy (non-hydrogen) atoms. The molecule has 2 unspecified atom stereocenters. The number of para-hydroxylation sites is 1. The van der Waals surface area contributed by atoms with Crippen LogP contribution in [0.2, 0.25) is 0 Å². The Morgan fingerprint density at radius 1 is 1.12 bits per heavy atom. The van der Waals surface area contributed by atoms with E-state index in [9.17, 15) is 9.18 Å². The average molecular weight is 340 g/mol. The summed E-state index contributed by atoms with van der Waals surface area (Å²) in [5, 5.41) is 6.92. The Balaban J connectivity index is 1.64. The number of halogens is 1. The highest BCUT2D eigenvalue weighted by atomic mass is 19.1. The molecule has 2 atom stereocenters. The van der Waals surface area contributed by atoms with Crippen LogP contribution in [-0.4, -0.2) is 11.9 Å². The van der Waals surface area contributed by atoms with E-state index in [1.807, 2.05) is 37.3 Å². The van der Waals surface area contributed by atoms with Crippen LogP contribution in [0.1, 0.15) is 31.2 Å². The van der Waals surface area contributed by atoms with Crippen molar-refractivity contribution in [1.29, 1.82) is 0 Å². The zero-order chi connectivity index (χ0) is 18.0. The predicted octanol–water partition coefficient (Wildman–Crippen LogP) is 4.56. The van der Waals surface area contributed by atoms with Crippen molar-refractivity contribution in [2.45, 2.75) is 32.9 Å². The van der Waals surface area contributed by atoms with Gasteiger partial charge in [0.05, 0.1) is 6.04 Å². The molecule has 0 aliphatic rings. The van der Waals surface area contributed by atoms with Gasteiger partial charge in [0.2, 0.25) is 5.91 Å². The highest BCUT2D eigenvalue weighted by Gasteiger charge is 2.18. The molecular formula is C20H21FN2O2. The van der Waals surface area contributed by atoms with Gasteiger partial charge < -0.3 is 15.1 Å². The molecular weight excluding hydrogens is 319 g/mol. The number of nitrogens with one attached hydrogen (secondary N) is 2. The Labute approximate surface area is 146 Å². The Bertz CT molecular complexity index is 871. The standard InChI is InChI=1S/C20H21FN2O2/c1-12-8-9-16(11-17(12)21)22-14(3)20(24)23-13(2)19-10-15-6-4-5-7-18(15)25-19/h4-11,13-14,22H,1-3H3,(H,23,24). The van der Waals surface area contributed by atoms with Crippen molar-refractivity contribution < 1.29 is 13.6 Å². The van der Waals surface area contributed by atoms with E-state index in [4.69, 9.17) is 4.42 Å². The molecule has 3 aromatic rings. The minimum absolute atomic E-state index is 0.186. The van der Waals surface area contributed by atoms with E-state index < -0.39 is 6.04 Å². The lowest BCUT2D eigenvalue weighted by Crippen LogP contribution is -2.38. The fourth-order valence-electron chi connectivity index (χ4n) is 2.62. The number of aryl methyl sites for hydroxylation is 1. The van der Waals surface area contributed by atoms with E-state index >= 15 is 0 Å². The van der Waals surface area contributed by atoms with Gasteiger partial charge in [-0.15, -0.1) is 0 Å². The molecule has 2 aromatic carbocycles. The SMILES string of the molecule is Cc1ccc(NC(C)C(=O)NC(C)c2cc3ccccc3o2)cc1F. The summed E-state index contributed by atoms with van der Waals surface area (Å²) < 4.78 is 19.4. The molecule has 0 aliphatic heterocycles. The number of hydrogen-bond acceptors (Lipinski definition) is 3. The number of fused-ring (bicyclic) bond motifs is 1. The lowest BCUT2D eigenvalue weighted by atomic mass is 10.2. The Morgan fingerprint density at radius 3 is 2.60 bits per heavy atom. The van der Waals surface area contributed by atoms with E-state index in [1.165, 1.54) is 6.07 Å². The predicted molar refractivity (Wildman–Crippen MR) is 97.0 cm³/mol. The van der Waals surface area contributed by atoms with Crippen LogP contribution in [-0.2, 0) is 4.79 Å². The summed E-state index contributed by atoms with van der Waals surface area (Å²) in [5.74, 6) is 0.213. The highest BCUT2D eigenvalue weighted by molar-refractivity contribution is 5.84. The van der Waals surface area contributed by atoms with E-state index in [1.54, 1.807) is 26.0 Å². The van der Waals surface area contributed by atoms with Gasteiger partial charge in [0.25, 0.3) is 0 Å². The van der Waals surface area contributed by atoms with Crippen LogP contribution in [0.25, 0.3) is 11.0 Å². The van der Waals surface area contributed by atoms with Crippen LogP contribution in [0.3, 0.4) is 0 Å². The van der Waals surface area contributed by atoms with E-state index in [0.717, 1.165) is 11.0 Å². The molecule has 1 heterocycles. The molecule has 1 amide bonds. The lowest BCUT2D eigenvalue weighted by Gasteiger charge is -2.18. The van der Waals surface area contributed by atoms with Gasteiger partial charge in [-0.2, -0.15) is 0 Å². The van der Waals surface area contributed by atoms with Gasteiger partial charge >= 0.3 is 0 Å². The normalized spacial score (nSPS) is 13.4. The highest BCUT2D eigenvalue weighted by Crippen LogP contribution is 2.23. The maximum absolute atomic E-state index is 13.6. The summed E-state index contributed by atoms with van der Waals surface area (Å²) >= 11 is 0. The Hall–Kier alpha value is -2.82.